The molecule has 98 valence electrons. The van der Waals surface area contributed by atoms with Gasteiger partial charge in [-0.05, 0) is 36.5 Å². The van der Waals surface area contributed by atoms with Gasteiger partial charge in [0, 0.05) is 5.69 Å². The first-order chi connectivity index (χ1) is 9.06. The van der Waals surface area contributed by atoms with Crippen molar-refractivity contribution in [3.8, 4) is 0 Å². The van der Waals surface area contributed by atoms with Crippen molar-refractivity contribution in [2.45, 2.75) is 0 Å². The first kappa shape index (κ1) is 14.4. The Labute approximate surface area is 131 Å². The Hall–Kier alpha value is -1.000. The second-order valence-electron chi connectivity index (χ2n) is 3.69. The predicted octanol–water partition coefficient (Wildman–Crippen LogP) is 5.46. The van der Waals surface area contributed by atoms with Gasteiger partial charge >= 0.3 is 0 Å². The van der Waals surface area contributed by atoms with Gasteiger partial charge in [0.2, 0.25) is 0 Å². The second kappa shape index (κ2) is 6.44. The summed E-state index contributed by atoms with van der Waals surface area (Å²) in [5.41, 5.74) is 1.49. The van der Waals surface area contributed by atoms with E-state index in [0.29, 0.717) is 25.9 Å². The van der Waals surface area contributed by atoms with Crippen LogP contribution in [0.4, 0.5) is 11.4 Å². The summed E-state index contributed by atoms with van der Waals surface area (Å²) in [7, 11) is 0. The highest BCUT2D eigenvalue weighted by Gasteiger charge is 2.07. The minimum atomic E-state index is 0.402. The molecule has 0 aromatic heterocycles. The maximum Gasteiger partial charge on any atom is 0.175 e. The molecule has 2 nitrogen and oxygen atoms in total. The number of nitrogens with one attached hydrogen (secondary N) is 2. The van der Waals surface area contributed by atoms with E-state index < -0.39 is 0 Å². The Balaban J connectivity index is 2.09. The van der Waals surface area contributed by atoms with E-state index in [-0.39, 0.29) is 0 Å². The summed E-state index contributed by atoms with van der Waals surface area (Å²) >= 11 is 23.0. The maximum absolute atomic E-state index is 6.06. The molecular weight excluding hydrogens is 323 g/mol. The molecular formula is C13H9Cl3N2S. The molecule has 0 heterocycles. The summed E-state index contributed by atoms with van der Waals surface area (Å²) in [6.07, 6.45) is 0. The number of para-hydroxylation sites is 1. The molecule has 2 aromatic rings. The summed E-state index contributed by atoms with van der Waals surface area (Å²) in [4.78, 5) is 0. The van der Waals surface area contributed by atoms with Gasteiger partial charge in [-0.25, -0.2) is 0 Å². The highest BCUT2D eigenvalue weighted by molar-refractivity contribution is 7.80. The van der Waals surface area contributed by atoms with Gasteiger partial charge in [0.05, 0.1) is 20.8 Å². The molecule has 0 amide bonds. The average molecular weight is 332 g/mol. The van der Waals surface area contributed by atoms with Gasteiger partial charge in [-0.1, -0.05) is 53.0 Å². The summed E-state index contributed by atoms with van der Waals surface area (Å²) in [5.74, 6) is 0. The normalized spacial score (nSPS) is 10.1. The SMILES string of the molecule is S=C(Nc1ccccc1)Nc1cc(Cl)c(Cl)cc1Cl. The van der Waals surface area contributed by atoms with E-state index in [1.807, 2.05) is 30.3 Å². The lowest BCUT2D eigenvalue weighted by Gasteiger charge is -2.12. The molecule has 0 saturated heterocycles. The maximum atomic E-state index is 6.06. The van der Waals surface area contributed by atoms with Crippen molar-refractivity contribution in [2.75, 3.05) is 10.6 Å². The van der Waals surface area contributed by atoms with E-state index in [2.05, 4.69) is 10.6 Å². The number of benzene rings is 2. The number of hydrogen-bond donors (Lipinski definition) is 2. The van der Waals surface area contributed by atoms with Gasteiger partial charge in [-0.3, -0.25) is 0 Å². The fourth-order valence-corrected chi connectivity index (χ4v) is 2.25. The van der Waals surface area contributed by atoms with E-state index in [1.165, 1.54) is 0 Å². The second-order valence-corrected chi connectivity index (χ2v) is 5.32. The smallest absolute Gasteiger partial charge is 0.175 e. The van der Waals surface area contributed by atoms with Crippen LogP contribution in [0.3, 0.4) is 0 Å². The van der Waals surface area contributed by atoms with E-state index in [0.717, 1.165) is 5.69 Å². The average Bonchev–Trinajstić information content (AvgIpc) is 2.37. The Kier molecular flexibility index (Phi) is 4.88. The lowest BCUT2D eigenvalue weighted by atomic mass is 10.3. The van der Waals surface area contributed by atoms with E-state index >= 15 is 0 Å². The largest absolute Gasteiger partial charge is 0.332 e. The summed E-state index contributed by atoms with van der Waals surface area (Å²) < 4.78 is 0. The third-order valence-electron chi connectivity index (χ3n) is 2.29. The Bertz CT molecular complexity index is 602. The number of thiocarbonyl (C=S) groups is 1. The standard InChI is InChI=1S/C13H9Cl3N2S/c14-9-6-11(16)12(7-10(9)15)18-13(19)17-8-4-2-1-3-5-8/h1-7H,(H2,17,18,19). The summed E-state index contributed by atoms with van der Waals surface area (Å²) in [5, 5.41) is 7.70. The van der Waals surface area contributed by atoms with Crippen LogP contribution in [-0.4, -0.2) is 5.11 Å². The van der Waals surface area contributed by atoms with Crippen LogP contribution in [0, 0.1) is 0 Å². The minimum Gasteiger partial charge on any atom is -0.332 e. The van der Waals surface area contributed by atoms with Gasteiger partial charge in [-0.15, -0.1) is 0 Å². The fourth-order valence-electron chi connectivity index (χ4n) is 1.42. The van der Waals surface area contributed by atoms with Gasteiger partial charge in [0.15, 0.2) is 5.11 Å². The zero-order chi connectivity index (χ0) is 13.8. The molecule has 0 aliphatic rings. The number of anilines is 2. The monoisotopic (exact) mass is 330 g/mol. The number of rotatable bonds is 2. The van der Waals surface area contributed by atoms with Crippen molar-refractivity contribution in [2.24, 2.45) is 0 Å². The van der Waals surface area contributed by atoms with E-state index in [1.54, 1.807) is 12.1 Å². The van der Waals surface area contributed by atoms with E-state index in [9.17, 15) is 0 Å². The Morgan fingerprint density at radius 3 is 2.16 bits per heavy atom. The van der Waals surface area contributed by atoms with Crippen LogP contribution in [0.25, 0.3) is 0 Å². The highest BCUT2D eigenvalue weighted by atomic mass is 35.5. The molecule has 0 atom stereocenters. The molecule has 0 unspecified atom stereocenters. The van der Waals surface area contributed by atoms with Crippen molar-refractivity contribution in [1.29, 1.82) is 0 Å². The zero-order valence-electron chi connectivity index (χ0n) is 9.58. The Morgan fingerprint density at radius 1 is 0.842 bits per heavy atom. The molecule has 0 bridgehead atoms. The molecule has 0 aliphatic carbocycles. The van der Waals surface area contributed by atoms with Crippen molar-refractivity contribution in [3.63, 3.8) is 0 Å². The van der Waals surface area contributed by atoms with E-state index in [4.69, 9.17) is 47.0 Å². The van der Waals surface area contributed by atoms with Gasteiger partial charge < -0.3 is 10.6 Å². The molecule has 0 aliphatic heterocycles. The highest BCUT2D eigenvalue weighted by Crippen LogP contribution is 2.32. The topological polar surface area (TPSA) is 24.1 Å². The summed E-state index contributed by atoms with van der Waals surface area (Å²) in [6, 6.07) is 12.8. The third-order valence-corrected chi connectivity index (χ3v) is 3.53. The van der Waals surface area contributed by atoms with Crippen molar-refractivity contribution in [3.05, 3.63) is 57.5 Å². The first-order valence-corrected chi connectivity index (χ1v) is 6.88. The van der Waals surface area contributed by atoms with Crippen molar-refractivity contribution >= 4 is 63.5 Å². The minimum absolute atomic E-state index is 0.402. The number of halogens is 3. The first-order valence-electron chi connectivity index (χ1n) is 5.34. The molecule has 0 radical (unpaired) electrons. The van der Waals surface area contributed by atoms with Gasteiger partial charge in [0.25, 0.3) is 0 Å². The molecule has 2 aromatic carbocycles. The lowest BCUT2D eigenvalue weighted by Crippen LogP contribution is -2.19. The van der Waals surface area contributed by atoms with Crippen molar-refractivity contribution in [1.82, 2.24) is 0 Å². The van der Waals surface area contributed by atoms with Crippen LogP contribution in [-0.2, 0) is 0 Å². The number of hydrogen-bond acceptors (Lipinski definition) is 1. The molecule has 6 heteroatoms. The summed E-state index contributed by atoms with van der Waals surface area (Å²) in [6.45, 7) is 0. The van der Waals surface area contributed by atoms with Crippen LogP contribution >= 0.6 is 47.0 Å². The van der Waals surface area contributed by atoms with Crippen LogP contribution < -0.4 is 10.6 Å². The molecule has 0 spiro atoms. The molecule has 2 N–H and O–H groups in total. The molecule has 2 rings (SSSR count). The van der Waals surface area contributed by atoms with Crippen LogP contribution in [0.1, 0.15) is 0 Å². The van der Waals surface area contributed by atoms with Gasteiger partial charge in [0.1, 0.15) is 0 Å². The van der Waals surface area contributed by atoms with Gasteiger partial charge in [-0.2, -0.15) is 0 Å². The molecule has 0 fully saturated rings. The molecule has 0 saturated carbocycles. The van der Waals surface area contributed by atoms with Crippen molar-refractivity contribution < 1.29 is 0 Å². The quantitative estimate of drug-likeness (QED) is 0.565. The predicted molar refractivity (Wildman–Crippen MR) is 87.8 cm³/mol. The third kappa shape index (κ3) is 3.98. The van der Waals surface area contributed by atoms with Crippen LogP contribution in [0.2, 0.25) is 15.1 Å². The van der Waals surface area contributed by atoms with Crippen LogP contribution in [0.5, 0.6) is 0 Å². The molecule has 19 heavy (non-hydrogen) atoms. The zero-order valence-corrected chi connectivity index (χ0v) is 12.7. The lowest BCUT2D eigenvalue weighted by molar-refractivity contribution is 1.59. The fraction of sp³-hybridized carbons (Fsp3) is 0. The van der Waals surface area contributed by atoms with Crippen LogP contribution in [0.15, 0.2) is 42.5 Å². The Morgan fingerprint density at radius 2 is 1.47 bits per heavy atom.